The van der Waals surface area contributed by atoms with Gasteiger partial charge in [0.05, 0.1) is 15.5 Å². The second-order valence-corrected chi connectivity index (χ2v) is 8.02. The maximum atomic E-state index is 13.2. The zero-order chi connectivity index (χ0) is 15.8. The van der Waals surface area contributed by atoms with Crippen molar-refractivity contribution >= 4 is 34.1 Å². The Balaban J connectivity index is 2.12. The summed E-state index contributed by atoms with van der Waals surface area (Å²) in [4.78, 5) is 13.6. The molecule has 1 heterocycles. The van der Waals surface area contributed by atoms with Crippen molar-refractivity contribution in [3.05, 3.63) is 28.8 Å². The third-order valence-corrected chi connectivity index (χ3v) is 5.50. The highest BCUT2D eigenvalue weighted by Crippen LogP contribution is 2.26. The molecule has 2 amide bonds. The van der Waals surface area contributed by atoms with Gasteiger partial charge in [0.25, 0.3) is 0 Å². The van der Waals surface area contributed by atoms with Crippen molar-refractivity contribution in [3.8, 4) is 0 Å². The molecule has 1 N–H and O–H groups in total. The molecule has 0 aromatic heterocycles. The van der Waals surface area contributed by atoms with Crippen LogP contribution < -0.4 is 5.32 Å². The van der Waals surface area contributed by atoms with E-state index in [1.165, 1.54) is 4.90 Å². The van der Waals surface area contributed by atoms with Gasteiger partial charge in [-0.2, -0.15) is 0 Å². The summed E-state index contributed by atoms with van der Waals surface area (Å²) in [5, 5.41) is 2.37. The molecule has 0 unspecified atom stereocenters. The van der Waals surface area contributed by atoms with Gasteiger partial charge in [-0.25, -0.2) is 13.6 Å². The number of rotatable bonds is 1. The molecule has 1 aromatic rings. The second-order valence-electron chi connectivity index (χ2n) is 5.41. The number of hydrogen-bond acceptors (Lipinski definition) is 2. The van der Waals surface area contributed by atoms with Crippen LogP contribution in [0.1, 0.15) is 13.8 Å². The zero-order valence-electron chi connectivity index (χ0n) is 11.6. The van der Waals surface area contributed by atoms with E-state index in [2.05, 4.69) is 5.32 Å². The number of benzene rings is 1. The fraction of sp³-hybridized carbons (Fsp3) is 0.462. The first-order chi connectivity index (χ1) is 9.70. The van der Waals surface area contributed by atoms with E-state index in [-0.39, 0.29) is 10.7 Å². The van der Waals surface area contributed by atoms with Crippen LogP contribution in [0.25, 0.3) is 0 Å². The molecule has 1 aliphatic heterocycles. The molecular formula is C13H15ClF2N2O2S. The van der Waals surface area contributed by atoms with E-state index >= 15 is 0 Å². The minimum absolute atomic E-state index is 0.00469. The average molecular weight is 337 g/mol. The smallest absolute Gasteiger partial charge is 0.321 e. The monoisotopic (exact) mass is 336 g/mol. The normalized spacial score (nSPS) is 21.2. The van der Waals surface area contributed by atoms with Crippen LogP contribution in [0.4, 0.5) is 19.3 Å². The lowest BCUT2D eigenvalue weighted by Gasteiger charge is -2.37. The van der Waals surface area contributed by atoms with E-state index in [0.29, 0.717) is 18.8 Å². The van der Waals surface area contributed by atoms with Gasteiger partial charge in [-0.15, -0.1) is 0 Å². The van der Waals surface area contributed by atoms with Crippen LogP contribution in [0.15, 0.2) is 12.1 Å². The summed E-state index contributed by atoms with van der Waals surface area (Å²) in [7, 11) is -1.00. The molecule has 0 aliphatic carbocycles. The van der Waals surface area contributed by atoms with Crippen molar-refractivity contribution in [1.29, 1.82) is 0 Å². The summed E-state index contributed by atoms with van der Waals surface area (Å²) in [6.07, 6.45) is 0. The number of carbonyl (C=O) groups excluding carboxylic acids is 1. The van der Waals surface area contributed by atoms with E-state index in [9.17, 15) is 17.8 Å². The number of nitrogens with one attached hydrogen (secondary N) is 1. The minimum atomic E-state index is -1.09. The van der Waals surface area contributed by atoms with Gasteiger partial charge in [0.1, 0.15) is 0 Å². The summed E-state index contributed by atoms with van der Waals surface area (Å²) >= 11 is 5.78. The highest BCUT2D eigenvalue weighted by Gasteiger charge is 2.35. The molecule has 1 fully saturated rings. The Morgan fingerprint density at radius 2 is 2.00 bits per heavy atom. The first-order valence-electron chi connectivity index (χ1n) is 6.29. The van der Waals surface area contributed by atoms with Crippen LogP contribution in [0.5, 0.6) is 0 Å². The lowest BCUT2D eigenvalue weighted by molar-refractivity contribution is 0.207. The van der Waals surface area contributed by atoms with Gasteiger partial charge < -0.3 is 10.2 Å². The van der Waals surface area contributed by atoms with Crippen molar-refractivity contribution < 1.29 is 17.8 Å². The molecule has 0 spiro atoms. The summed E-state index contributed by atoms with van der Waals surface area (Å²) < 4.78 is 37.5. The zero-order valence-corrected chi connectivity index (χ0v) is 13.2. The van der Waals surface area contributed by atoms with Gasteiger partial charge in [-0.1, -0.05) is 11.6 Å². The molecule has 8 heteroatoms. The van der Waals surface area contributed by atoms with Gasteiger partial charge in [-0.05, 0) is 19.9 Å². The molecule has 0 bridgehead atoms. The van der Waals surface area contributed by atoms with Crippen molar-refractivity contribution in [2.24, 2.45) is 0 Å². The topological polar surface area (TPSA) is 49.4 Å². The fourth-order valence-corrected chi connectivity index (χ4v) is 3.50. The standard InChI is InChI=1S/C13H15ClF2N2O2S/c1-13(2)7-18(3-4-21(13)20)12(19)17-11-6-10(16)9(15)5-8(11)14/h5-6H,3-4,7H2,1-2H3,(H,17,19)/t21-/m0/s1. The Labute approximate surface area is 128 Å². The first-order valence-corrected chi connectivity index (χ1v) is 7.99. The van der Waals surface area contributed by atoms with Crippen molar-refractivity contribution in [3.63, 3.8) is 0 Å². The third-order valence-electron chi connectivity index (χ3n) is 3.27. The lowest BCUT2D eigenvalue weighted by Crippen LogP contribution is -2.53. The van der Waals surface area contributed by atoms with E-state index in [1.54, 1.807) is 0 Å². The number of hydrogen-bond donors (Lipinski definition) is 1. The first kappa shape index (κ1) is 16.2. The molecule has 0 saturated carbocycles. The van der Waals surface area contributed by atoms with Crippen LogP contribution in [-0.2, 0) is 10.8 Å². The quantitative estimate of drug-likeness (QED) is 0.801. The summed E-state index contributed by atoms with van der Waals surface area (Å²) in [5.74, 6) is -1.78. The van der Waals surface area contributed by atoms with Crippen LogP contribution in [0, 0.1) is 11.6 Å². The third kappa shape index (κ3) is 3.52. The maximum Gasteiger partial charge on any atom is 0.321 e. The predicted octanol–water partition coefficient (Wildman–Crippen LogP) is 2.99. The van der Waals surface area contributed by atoms with Gasteiger partial charge in [0.2, 0.25) is 0 Å². The number of anilines is 1. The Morgan fingerprint density at radius 3 is 2.62 bits per heavy atom. The highest BCUT2D eigenvalue weighted by molar-refractivity contribution is 7.86. The van der Waals surface area contributed by atoms with Gasteiger partial charge in [0.15, 0.2) is 11.6 Å². The summed E-state index contributed by atoms with van der Waals surface area (Å²) in [6.45, 7) is 4.27. The molecule has 1 saturated heterocycles. The number of halogens is 3. The molecule has 1 aliphatic rings. The van der Waals surface area contributed by atoms with Gasteiger partial charge >= 0.3 is 6.03 Å². The molecule has 1 atom stereocenters. The van der Waals surface area contributed by atoms with Crippen molar-refractivity contribution in [1.82, 2.24) is 4.90 Å². The van der Waals surface area contributed by atoms with Gasteiger partial charge in [-0.3, -0.25) is 4.21 Å². The molecular weight excluding hydrogens is 322 g/mol. The van der Waals surface area contributed by atoms with E-state index < -0.39 is 33.2 Å². The number of nitrogens with zero attached hydrogens (tertiary/aromatic N) is 1. The molecule has 21 heavy (non-hydrogen) atoms. The van der Waals surface area contributed by atoms with E-state index in [1.807, 2.05) is 13.8 Å². The number of amides is 2. The SMILES string of the molecule is CC1(C)CN(C(=O)Nc2cc(F)c(F)cc2Cl)CC[S@@]1=O. The molecule has 4 nitrogen and oxygen atoms in total. The predicted molar refractivity (Wildman–Crippen MR) is 79.0 cm³/mol. The van der Waals surface area contributed by atoms with E-state index in [4.69, 9.17) is 11.6 Å². The van der Waals surface area contributed by atoms with Crippen molar-refractivity contribution in [2.75, 3.05) is 24.2 Å². The Hall–Kier alpha value is -1.21. The fourth-order valence-electron chi connectivity index (χ4n) is 2.07. The molecule has 116 valence electrons. The Kier molecular flexibility index (Phi) is 4.53. The number of urea groups is 1. The molecule has 1 aromatic carbocycles. The van der Waals surface area contributed by atoms with Crippen molar-refractivity contribution in [2.45, 2.75) is 18.6 Å². The summed E-state index contributed by atoms with van der Waals surface area (Å²) in [5.41, 5.74) is 0.00469. The highest BCUT2D eigenvalue weighted by atomic mass is 35.5. The Bertz CT molecular complexity index is 610. The molecule has 0 radical (unpaired) electrons. The number of carbonyl (C=O) groups is 1. The van der Waals surface area contributed by atoms with Crippen LogP contribution in [0.2, 0.25) is 5.02 Å². The Morgan fingerprint density at radius 1 is 1.38 bits per heavy atom. The van der Waals surface area contributed by atoms with E-state index in [0.717, 1.165) is 12.1 Å². The minimum Gasteiger partial charge on any atom is -0.322 e. The van der Waals surface area contributed by atoms with Crippen LogP contribution in [-0.4, -0.2) is 38.7 Å². The maximum absolute atomic E-state index is 13.2. The summed E-state index contributed by atoms with van der Waals surface area (Å²) in [6, 6.07) is 1.16. The second kappa shape index (κ2) is 5.88. The largest absolute Gasteiger partial charge is 0.322 e. The average Bonchev–Trinajstić information content (AvgIpc) is 2.39. The molecule has 2 rings (SSSR count). The van der Waals surface area contributed by atoms with Crippen LogP contribution >= 0.6 is 11.6 Å². The lowest BCUT2D eigenvalue weighted by atomic mass is 10.2. The van der Waals surface area contributed by atoms with Gasteiger partial charge in [0, 0.05) is 35.7 Å². The van der Waals surface area contributed by atoms with Crippen LogP contribution in [0.3, 0.4) is 0 Å².